The Morgan fingerprint density at radius 3 is 2.18 bits per heavy atom. The van der Waals surface area contributed by atoms with Gasteiger partial charge in [0.1, 0.15) is 0 Å². The van der Waals surface area contributed by atoms with E-state index in [1.807, 2.05) is 0 Å². The van der Waals surface area contributed by atoms with Gasteiger partial charge in [0, 0.05) is 0 Å². The Kier molecular flexibility index (Phi) is 1.58. The maximum atomic E-state index is 10.4. The lowest BCUT2D eigenvalue weighted by Gasteiger charge is -2.09. The van der Waals surface area contributed by atoms with Gasteiger partial charge in [-0.15, -0.1) is 0 Å². The summed E-state index contributed by atoms with van der Waals surface area (Å²) >= 11 is 0. The first-order valence-electron chi connectivity index (χ1n) is 2.10. The average molecular weight is 202 g/mol. The quantitative estimate of drug-likeness (QED) is 0.393. The van der Waals surface area contributed by atoms with E-state index >= 15 is 0 Å². The van der Waals surface area contributed by atoms with Crippen molar-refractivity contribution in [3.05, 3.63) is 0 Å². The first kappa shape index (κ1) is 8.30. The second-order valence-corrected chi connectivity index (χ2v) is 4.64. The molecular formula is C2H2O7S2. The van der Waals surface area contributed by atoms with Crippen LogP contribution in [0.5, 0.6) is 0 Å². The SMILES string of the molecule is O=C1OS(=O)(=O)C=S(=O)(O)O1. The fourth-order valence-electron chi connectivity index (χ4n) is 0.394. The lowest BCUT2D eigenvalue weighted by molar-refractivity contribution is 0.155. The second kappa shape index (κ2) is 2.09. The van der Waals surface area contributed by atoms with Gasteiger partial charge in [-0.05, 0) is 0 Å². The molecule has 1 rings (SSSR count). The maximum Gasteiger partial charge on any atom is 0.540 e. The topological polar surface area (TPSA) is 107 Å². The van der Waals surface area contributed by atoms with Crippen molar-refractivity contribution >= 4 is 31.1 Å². The molecule has 1 atom stereocenters. The molecular weight excluding hydrogens is 200 g/mol. The van der Waals surface area contributed by atoms with Crippen molar-refractivity contribution < 1.29 is 30.3 Å². The van der Waals surface area contributed by atoms with Crippen LogP contribution in [0.2, 0.25) is 0 Å². The van der Waals surface area contributed by atoms with E-state index < -0.39 is 26.4 Å². The van der Waals surface area contributed by atoms with Crippen molar-refractivity contribution in [1.29, 1.82) is 0 Å². The summed E-state index contributed by atoms with van der Waals surface area (Å²) in [5.41, 5.74) is 0. The smallest absolute Gasteiger partial charge is 0.318 e. The van der Waals surface area contributed by atoms with Gasteiger partial charge in [-0.3, -0.25) is 4.55 Å². The molecule has 1 heterocycles. The molecule has 11 heavy (non-hydrogen) atoms. The van der Waals surface area contributed by atoms with E-state index in [1.54, 1.807) is 0 Å². The Balaban J connectivity index is 3.35. The zero-order valence-electron chi connectivity index (χ0n) is 4.79. The summed E-state index contributed by atoms with van der Waals surface area (Å²) in [4.78, 5) is 10.1. The Morgan fingerprint density at radius 1 is 1.27 bits per heavy atom. The summed E-state index contributed by atoms with van der Waals surface area (Å²) in [5.74, 6) is 0. The predicted octanol–water partition coefficient (Wildman–Crippen LogP) is -1.08. The number of hydrogen-bond donors (Lipinski definition) is 1. The molecule has 0 spiro atoms. The van der Waals surface area contributed by atoms with E-state index in [4.69, 9.17) is 4.55 Å². The molecule has 1 aliphatic heterocycles. The molecule has 0 aliphatic carbocycles. The zero-order chi connectivity index (χ0) is 8.70. The molecule has 1 aliphatic rings. The average Bonchev–Trinajstić information content (AvgIpc) is 1.49. The first-order chi connectivity index (χ1) is 4.81. The van der Waals surface area contributed by atoms with Gasteiger partial charge in [-0.2, -0.15) is 12.6 Å². The summed E-state index contributed by atoms with van der Waals surface area (Å²) in [7, 11) is -8.54. The Morgan fingerprint density at radius 2 is 1.82 bits per heavy atom. The molecule has 0 saturated heterocycles. The van der Waals surface area contributed by atoms with Crippen molar-refractivity contribution in [2.75, 3.05) is 0 Å². The molecule has 1 N–H and O–H groups in total. The van der Waals surface area contributed by atoms with E-state index in [0.717, 1.165) is 0 Å². The van der Waals surface area contributed by atoms with Crippen LogP contribution < -0.4 is 0 Å². The van der Waals surface area contributed by atoms with Gasteiger partial charge >= 0.3 is 16.3 Å². The standard InChI is InChI=1S/C2H2O7S2/c3-2-8-10(4,5)1-11(6,7)9-2/h1H,(H,4,5). The number of carbonyl (C=O) groups excluding carboxylic acids is 1. The van der Waals surface area contributed by atoms with Gasteiger partial charge in [-0.1, -0.05) is 0 Å². The maximum absolute atomic E-state index is 10.4. The van der Waals surface area contributed by atoms with Crippen LogP contribution in [0.4, 0.5) is 4.79 Å². The lowest BCUT2D eigenvalue weighted by Crippen LogP contribution is -2.27. The molecule has 0 amide bonds. The molecule has 0 saturated carbocycles. The molecule has 0 aromatic rings. The highest BCUT2D eigenvalue weighted by Gasteiger charge is 2.29. The fourth-order valence-corrected chi connectivity index (χ4v) is 2.40. The van der Waals surface area contributed by atoms with Crippen LogP contribution in [0.15, 0.2) is 0 Å². The molecule has 0 aromatic carbocycles. The summed E-state index contributed by atoms with van der Waals surface area (Å²) in [6, 6.07) is 0. The third kappa shape index (κ3) is 2.06. The van der Waals surface area contributed by atoms with Crippen LogP contribution in [0, 0.1) is 0 Å². The first-order valence-corrected chi connectivity index (χ1v) is 5.07. The molecule has 9 heteroatoms. The number of hydrogen-bond acceptors (Lipinski definition) is 6. The fraction of sp³-hybridized carbons (Fsp3) is 0. The van der Waals surface area contributed by atoms with Crippen molar-refractivity contribution in [2.24, 2.45) is 0 Å². The van der Waals surface area contributed by atoms with Gasteiger partial charge in [-0.25, -0.2) is 4.79 Å². The summed E-state index contributed by atoms with van der Waals surface area (Å²) < 4.78 is 46.6. The van der Waals surface area contributed by atoms with E-state index in [2.05, 4.69) is 8.37 Å². The second-order valence-electron chi connectivity index (χ2n) is 1.52. The molecule has 0 radical (unpaired) electrons. The largest absolute Gasteiger partial charge is 0.540 e. The molecule has 64 valence electrons. The van der Waals surface area contributed by atoms with Crippen LogP contribution in [-0.2, 0) is 28.6 Å². The Bertz CT molecular complexity index is 392. The minimum atomic E-state index is -4.36. The third-order valence-electron chi connectivity index (χ3n) is 0.611. The van der Waals surface area contributed by atoms with Crippen LogP contribution in [0.3, 0.4) is 0 Å². The highest BCUT2D eigenvalue weighted by Crippen LogP contribution is 2.05. The van der Waals surface area contributed by atoms with E-state index in [9.17, 15) is 17.4 Å². The van der Waals surface area contributed by atoms with Crippen molar-refractivity contribution in [3.63, 3.8) is 0 Å². The summed E-state index contributed by atoms with van der Waals surface area (Å²) in [5, 5.41) is 0. The minimum absolute atomic E-state index is 0.0819. The van der Waals surface area contributed by atoms with Crippen molar-refractivity contribution in [2.45, 2.75) is 0 Å². The van der Waals surface area contributed by atoms with Gasteiger partial charge in [0.05, 0.1) is 0 Å². The van der Waals surface area contributed by atoms with Gasteiger partial charge < -0.3 is 8.37 Å². The zero-order valence-corrected chi connectivity index (χ0v) is 6.42. The molecule has 0 fully saturated rings. The van der Waals surface area contributed by atoms with Crippen LogP contribution in [0.25, 0.3) is 0 Å². The predicted molar refractivity (Wildman–Crippen MR) is 33.3 cm³/mol. The molecule has 0 aromatic heterocycles. The van der Waals surface area contributed by atoms with Crippen molar-refractivity contribution in [1.82, 2.24) is 0 Å². The van der Waals surface area contributed by atoms with E-state index in [1.165, 1.54) is 0 Å². The van der Waals surface area contributed by atoms with Crippen LogP contribution >= 0.6 is 0 Å². The Labute approximate surface area is 62.1 Å². The summed E-state index contributed by atoms with van der Waals surface area (Å²) in [6.45, 7) is 0. The van der Waals surface area contributed by atoms with Gasteiger partial charge in [0.2, 0.25) is 0 Å². The minimum Gasteiger partial charge on any atom is -0.318 e. The molecule has 0 bridgehead atoms. The summed E-state index contributed by atoms with van der Waals surface area (Å²) in [6.07, 6.45) is -1.71. The number of rotatable bonds is 0. The van der Waals surface area contributed by atoms with Crippen LogP contribution in [-0.4, -0.2) is 28.0 Å². The van der Waals surface area contributed by atoms with Gasteiger partial charge in [0.25, 0.3) is 10.1 Å². The van der Waals surface area contributed by atoms with Gasteiger partial charge in [0.15, 0.2) is 4.70 Å². The lowest BCUT2D eigenvalue weighted by atomic mass is 11.5. The highest BCUT2D eigenvalue weighted by atomic mass is 32.3. The molecule has 7 nitrogen and oxygen atoms in total. The molecule has 1 unspecified atom stereocenters. The number of carbonyl (C=O) groups is 1. The van der Waals surface area contributed by atoms with Crippen molar-refractivity contribution in [3.8, 4) is 0 Å². The third-order valence-corrected chi connectivity index (χ3v) is 3.27. The monoisotopic (exact) mass is 202 g/mol. The van der Waals surface area contributed by atoms with E-state index in [-0.39, 0.29) is 4.70 Å². The van der Waals surface area contributed by atoms with Crippen LogP contribution in [0.1, 0.15) is 0 Å². The normalized spacial score (nSPS) is 34.8. The Hall–Kier alpha value is -0.800. The highest BCUT2D eigenvalue weighted by molar-refractivity contribution is 8.16. The van der Waals surface area contributed by atoms with E-state index in [0.29, 0.717) is 0 Å².